The van der Waals surface area contributed by atoms with Crippen LogP contribution in [0.1, 0.15) is 0 Å². The first-order valence-electron chi connectivity index (χ1n) is 3.24. The van der Waals surface area contributed by atoms with Crippen molar-refractivity contribution in [2.75, 3.05) is 0 Å². The van der Waals surface area contributed by atoms with Gasteiger partial charge in [-0.25, -0.2) is 4.79 Å². The Hall–Kier alpha value is -0.810. The largest absolute Gasteiger partial charge is 0.422 e. The first-order valence-corrected chi connectivity index (χ1v) is 4.91. The van der Waals surface area contributed by atoms with Crippen molar-refractivity contribution in [2.45, 2.75) is 0 Å². The minimum Gasteiger partial charge on any atom is -0.422 e. The number of ether oxygens (including phenoxy) is 1. The predicted molar refractivity (Wildman–Crippen MR) is 49.5 cm³/mol. The Labute approximate surface area is 78.4 Å². The molecule has 3 nitrogen and oxygen atoms in total. The van der Waals surface area contributed by atoms with E-state index >= 15 is 0 Å². The van der Waals surface area contributed by atoms with E-state index in [1.807, 2.05) is 14.5 Å². The third-order valence-corrected chi connectivity index (χ3v) is 3.05. The van der Waals surface area contributed by atoms with Gasteiger partial charge >= 0.3 is 5.97 Å². The number of hydrogen-bond donors (Lipinski definition) is 0. The zero-order chi connectivity index (χ0) is 8.39. The van der Waals surface area contributed by atoms with Gasteiger partial charge in [-0.05, 0) is 30.0 Å². The Morgan fingerprint density at radius 3 is 2.67 bits per heavy atom. The van der Waals surface area contributed by atoms with Crippen molar-refractivity contribution in [1.82, 2.24) is 3.71 Å². The summed E-state index contributed by atoms with van der Waals surface area (Å²) in [5, 5.41) is 3.92. The quantitative estimate of drug-likeness (QED) is 0.476. The van der Waals surface area contributed by atoms with Gasteiger partial charge in [-0.15, -0.1) is 0 Å². The summed E-state index contributed by atoms with van der Waals surface area (Å²) in [5.41, 5.74) is 0. The van der Waals surface area contributed by atoms with Gasteiger partial charge < -0.3 is 4.74 Å². The van der Waals surface area contributed by atoms with Crippen LogP contribution in [0.15, 0.2) is 34.9 Å². The Bertz CT molecular complexity index is 288. The third-order valence-electron chi connectivity index (χ3n) is 1.22. The van der Waals surface area contributed by atoms with Crippen LogP contribution in [0.5, 0.6) is 0 Å². The monoisotopic (exact) mass is 199 g/mol. The lowest BCUT2D eigenvalue weighted by Gasteiger charge is -2.07. The summed E-state index contributed by atoms with van der Waals surface area (Å²) >= 11 is 3.09. The van der Waals surface area contributed by atoms with Crippen molar-refractivity contribution in [2.24, 2.45) is 0 Å². The van der Waals surface area contributed by atoms with Crippen molar-refractivity contribution in [3.05, 3.63) is 34.9 Å². The van der Waals surface area contributed by atoms with Crippen LogP contribution in [0.3, 0.4) is 0 Å². The second kappa shape index (κ2) is 3.28. The molecule has 0 aromatic heterocycles. The molecule has 0 amide bonds. The molecule has 2 aliphatic heterocycles. The first kappa shape index (κ1) is 7.82. The van der Waals surface area contributed by atoms with E-state index in [-0.39, 0.29) is 5.97 Å². The highest BCUT2D eigenvalue weighted by atomic mass is 32.2. The van der Waals surface area contributed by atoms with Crippen molar-refractivity contribution in [3.8, 4) is 0 Å². The molecule has 0 saturated heterocycles. The topological polar surface area (TPSA) is 29.5 Å². The molecule has 0 N–H and O–H groups in total. The molecular weight excluding hydrogens is 194 g/mol. The maximum Gasteiger partial charge on any atom is 0.336 e. The van der Waals surface area contributed by atoms with E-state index < -0.39 is 0 Å². The predicted octanol–water partition coefficient (Wildman–Crippen LogP) is 2.02. The molecule has 0 bridgehead atoms. The highest BCUT2D eigenvalue weighted by Crippen LogP contribution is 2.32. The van der Waals surface area contributed by atoms with Gasteiger partial charge in [0.15, 0.2) is 0 Å². The van der Waals surface area contributed by atoms with Crippen LogP contribution in [0.4, 0.5) is 0 Å². The molecule has 2 rings (SSSR count). The van der Waals surface area contributed by atoms with E-state index in [2.05, 4.69) is 0 Å². The fourth-order valence-corrected chi connectivity index (χ4v) is 2.23. The number of cyclic esters (lactones) is 1. The van der Waals surface area contributed by atoms with Crippen LogP contribution >= 0.6 is 23.9 Å². The number of esters is 1. The Morgan fingerprint density at radius 2 is 2.08 bits per heavy atom. The molecule has 2 heterocycles. The van der Waals surface area contributed by atoms with Crippen LogP contribution in [0.2, 0.25) is 0 Å². The van der Waals surface area contributed by atoms with Gasteiger partial charge in [0, 0.05) is 16.9 Å². The fourth-order valence-electron chi connectivity index (χ4n) is 0.763. The standard InChI is InChI=1S/C7H5NO2S2/c9-7-2-1-6(10-7)5-8-11-3-4-12-8/h1-5H. The van der Waals surface area contributed by atoms with Gasteiger partial charge in [0.05, 0.1) is 6.20 Å². The maximum atomic E-state index is 10.6. The molecular formula is C7H5NO2S2. The van der Waals surface area contributed by atoms with E-state index in [4.69, 9.17) is 4.74 Å². The molecule has 62 valence electrons. The average Bonchev–Trinajstić information content (AvgIpc) is 2.63. The molecule has 0 unspecified atom stereocenters. The number of allylic oxidation sites excluding steroid dienone is 1. The Morgan fingerprint density at radius 1 is 1.33 bits per heavy atom. The highest BCUT2D eigenvalue weighted by molar-refractivity contribution is 8.17. The van der Waals surface area contributed by atoms with Gasteiger partial charge in [0.25, 0.3) is 0 Å². The molecule has 0 fully saturated rings. The summed E-state index contributed by atoms with van der Waals surface area (Å²) in [6.45, 7) is 0. The second-order valence-corrected chi connectivity index (χ2v) is 4.04. The van der Waals surface area contributed by atoms with E-state index in [9.17, 15) is 4.79 Å². The number of carbonyl (C=O) groups is 1. The SMILES string of the molecule is O=C1C=CC(=CN2SC=CS2)O1. The van der Waals surface area contributed by atoms with Crippen molar-refractivity contribution in [3.63, 3.8) is 0 Å². The summed E-state index contributed by atoms with van der Waals surface area (Å²) in [6, 6.07) is 0. The molecule has 12 heavy (non-hydrogen) atoms. The fraction of sp³-hybridized carbons (Fsp3) is 0. The molecule has 0 spiro atoms. The van der Waals surface area contributed by atoms with Crippen LogP contribution in [0, 0.1) is 0 Å². The number of rotatable bonds is 1. The molecule has 5 heteroatoms. The number of hydrogen-bond acceptors (Lipinski definition) is 5. The Kier molecular flexibility index (Phi) is 2.14. The van der Waals surface area contributed by atoms with Crippen molar-refractivity contribution in [1.29, 1.82) is 0 Å². The van der Waals surface area contributed by atoms with Gasteiger partial charge in [0.2, 0.25) is 0 Å². The molecule has 0 aromatic rings. The summed E-state index contributed by atoms with van der Waals surface area (Å²) in [6.07, 6.45) is 4.84. The molecule has 2 aliphatic rings. The molecule has 0 saturated carbocycles. The average molecular weight is 199 g/mol. The van der Waals surface area contributed by atoms with E-state index in [1.54, 1.807) is 36.2 Å². The van der Waals surface area contributed by atoms with Crippen molar-refractivity contribution < 1.29 is 9.53 Å². The summed E-state index contributed by atoms with van der Waals surface area (Å²) < 4.78 is 6.74. The van der Waals surface area contributed by atoms with Gasteiger partial charge in [-0.2, -0.15) is 0 Å². The van der Waals surface area contributed by atoms with Crippen LogP contribution in [-0.2, 0) is 9.53 Å². The van der Waals surface area contributed by atoms with Gasteiger partial charge in [0.1, 0.15) is 5.76 Å². The van der Waals surface area contributed by atoms with Crippen LogP contribution in [-0.4, -0.2) is 9.68 Å². The normalized spacial score (nSPS) is 24.2. The van der Waals surface area contributed by atoms with Crippen LogP contribution < -0.4 is 0 Å². The lowest BCUT2D eigenvalue weighted by Crippen LogP contribution is -1.95. The summed E-state index contributed by atoms with van der Waals surface area (Å²) in [5.74, 6) is 0.284. The second-order valence-electron chi connectivity index (χ2n) is 2.05. The van der Waals surface area contributed by atoms with E-state index in [0.717, 1.165) is 0 Å². The lowest BCUT2D eigenvalue weighted by molar-refractivity contribution is -0.132. The van der Waals surface area contributed by atoms with Gasteiger partial charge in [-0.3, -0.25) is 3.71 Å². The smallest absolute Gasteiger partial charge is 0.336 e. The minimum atomic E-state index is -0.302. The maximum absolute atomic E-state index is 10.6. The molecule has 0 atom stereocenters. The van der Waals surface area contributed by atoms with E-state index in [0.29, 0.717) is 5.76 Å². The molecule has 0 aromatic carbocycles. The highest BCUT2D eigenvalue weighted by Gasteiger charge is 2.12. The number of carbonyl (C=O) groups excluding carboxylic acids is 1. The zero-order valence-corrected chi connectivity index (χ0v) is 7.60. The zero-order valence-electron chi connectivity index (χ0n) is 5.97. The van der Waals surface area contributed by atoms with Crippen LogP contribution in [0.25, 0.3) is 0 Å². The molecule has 0 radical (unpaired) electrons. The number of nitrogens with zero attached hydrogens (tertiary/aromatic N) is 1. The summed E-state index contributed by atoms with van der Waals surface area (Å²) in [4.78, 5) is 10.6. The Balaban J connectivity index is 2.00. The lowest BCUT2D eigenvalue weighted by atomic mass is 10.5. The minimum absolute atomic E-state index is 0.302. The third kappa shape index (κ3) is 1.67. The first-order chi connectivity index (χ1) is 5.84. The van der Waals surface area contributed by atoms with Gasteiger partial charge in [-0.1, -0.05) is 0 Å². The molecule has 0 aliphatic carbocycles. The van der Waals surface area contributed by atoms with Crippen molar-refractivity contribution >= 4 is 29.9 Å². The van der Waals surface area contributed by atoms with E-state index in [1.165, 1.54) is 6.08 Å². The summed E-state index contributed by atoms with van der Waals surface area (Å²) in [7, 11) is 0.